The number of anilines is 1. The highest BCUT2D eigenvalue weighted by Crippen LogP contribution is 2.59. The summed E-state index contributed by atoms with van der Waals surface area (Å²) in [7, 11) is 0. The molecule has 0 unspecified atom stereocenters. The first-order chi connectivity index (χ1) is 12.6. The van der Waals surface area contributed by atoms with Crippen LogP contribution in [0.4, 0.5) is 5.69 Å². The minimum Gasteiger partial charge on any atom is -0.339 e. The van der Waals surface area contributed by atoms with Gasteiger partial charge in [0.15, 0.2) is 0 Å². The van der Waals surface area contributed by atoms with Gasteiger partial charge in [-0.3, -0.25) is 9.59 Å². The Labute approximate surface area is 159 Å². The van der Waals surface area contributed by atoms with Gasteiger partial charge in [0.1, 0.15) is 0 Å². The number of hydrogen-bond acceptors (Lipinski definition) is 3. The number of hydrogen-bond donors (Lipinski definition) is 1. The molecule has 2 aliphatic carbocycles. The van der Waals surface area contributed by atoms with Gasteiger partial charge in [-0.2, -0.15) is 0 Å². The fourth-order valence-electron chi connectivity index (χ4n) is 4.40. The fraction of sp³-hybridized carbons (Fsp3) is 0.524. The van der Waals surface area contributed by atoms with E-state index in [1.54, 1.807) is 11.8 Å². The van der Waals surface area contributed by atoms with Crippen LogP contribution in [0.1, 0.15) is 38.5 Å². The van der Waals surface area contributed by atoms with Crippen molar-refractivity contribution in [2.45, 2.75) is 43.4 Å². The fourth-order valence-corrected chi connectivity index (χ4v) is 4.81. The molecule has 0 radical (unpaired) electrons. The minimum atomic E-state index is 0.102. The minimum absolute atomic E-state index is 0.102. The summed E-state index contributed by atoms with van der Waals surface area (Å²) in [4.78, 5) is 28.3. The third kappa shape index (κ3) is 3.41. The molecule has 3 aliphatic rings. The zero-order valence-electron chi connectivity index (χ0n) is 15.3. The molecule has 138 valence electrons. The summed E-state index contributed by atoms with van der Waals surface area (Å²) in [6.07, 6.45) is 10.1. The molecule has 1 spiro atoms. The number of piperidine rings is 1. The normalized spacial score (nSPS) is 23.7. The van der Waals surface area contributed by atoms with Gasteiger partial charge in [-0.05, 0) is 74.5 Å². The summed E-state index contributed by atoms with van der Waals surface area (Å²) in [5.74, 6) is 0.471. The average molecular weight is 371 g/mol. The van der Waals surface area contributed by atoms with Crippen LogP contribution >= 0.6 is 11.8 Å². The first-order valence-electron chi connectivity index (χ1n) is 9.54. The van der Waals surface area contributed by atoms with Gasteiger partial charge in [0.2, 0.25) is 11.8 Å². The van der Waals surface area contributed by atoms with Crippen LogP contribution in [0.3, 0.4) is 0 Å². The van der Waals surface area contributed by atoms with E-state index in [0.717, 1.165) is 62.9 Å². The van der Waals surface area contributed by atoms with Gasteiger partial charge in [0.25, 0.3) is 0 Å². The Hall–Kier alpha value is -1.75. The van der Waals surface area contributed by atoms with Gasteiger partial charge < -0.3 is 10.2 Å². The Morgan fingerprint density at radius 2 is 1.92 bits per heavy atom. The summed E-state index contributed by atoms with van der Waals surface area (Å²) >= 11 is 1.70. The molecule has 2 fully saturated rings. The lowest BCUT2D eigenvalue weighted by Crippen LogP contribution is -2.40. The standard InChI is InChI=1S/C21H26N2O2S/c1-26-17-8-6-16(7-9-17)22-19(24)18-14-21(18)10-12-23(13-11-21)20(25)15-4-2-3-5-15/h4,6-9,18H,2-3,5,10-14H2,1H3,(H,22,24)/t18-/m1/s1. The molecule has 26 heavy (non-hydrogen) atoms. The number of nitrogens with one attached hydrogen (secondary N) is 1. The molecular formula is C21H26N2O2S. The van der Waals surface area contributed by atoms with Gasteiger partial charge >= 0.3 is 0 Å². The lowest BCUT2D eigenvalue weighted by molar-refractivity contribution is -0.128. The van der Waals surface area contributed by atoms with Crippen molar-refractivity contribution >= 4 is 29.3 Å². The highest BCUT2D eigenvalue weighted by molar-refractivity contribution is 7.98. The monoisotopic (exact) mass is 370 g/mol. The molecule has 2 amide bonds. The molecule has 1 heterocycles. The number of carbonyl (C=O) groups excluding carboxylic acids is 2. The van der Waals surface area contributed by atoms with E-state index in [9.17, 15) is 9.59 Å². The number of benzene rings is 1. The molecule has 4 rings (SSSR count). The van der Waals surface area contributed by atoms with Gasteiger partial charge in [0, 0.05) is 35.2 Å². The molecule has 5 heteroatoms. The number of nitrogens with zero attached hydrogens (tertiary/aromatic N) is 1. The Morgan fingerprint density at radius 3 is 2.54 bits per heavy atom. The quantitative estimate of drug-likeness (QED) is 0.812. The zero-order valence-corrected chi connectivity index (χ0v) is 16.1. The summed E-state index contributed by atoms with van der Waals surface area (Å²) in [6, 6.07) is 8.00. The Bertz CT molecular complexity index is 733. The van der Waals surface area contributed by atoms with Crippen LogP contribution in [0, 0.1) is 11.3 Å². The van der Waals surface area contributed by atoms with Gasteiger partial charge in [-0.25, -0.2) is 0 Å². The Morgan fingerprint density at radius 1 is 1.19 bits per heavy atom. The maximum absolute atomic E-state index is 12.6. The van der Waals surface area contributed by atoms with Crippen molar-refractivity contribution in [1.29, 1.82) is 0 Å². The lowest BCUT2D eigenvalue weighted by Gasteiger charge is -2.33. The van der Waals surface area contributed by atoms with E-state index in [2.05, 4.69) is 11.4 Å². The van der Waals surface area contributed by atoms with Crippen LogP contribution in [0.25, 0.3) is 0 Å². The number of rotatable bonds is 4. The summed E-state index contributed by atoms with van der Waals surface area (Å²) in [6.45, 7) is 1.59. The van der Waals surface area contributed by atoms with Crippen LogP contribution in [-0.4, -0.2) is 36.1 Å². The van der Waals surface area contributed by atoms with E-state index in [0.29, 0.717) is 0 Å². The second kappa shape index (κ2) is 7.10. The van der Waals surface area contributed by atoms with Gasteiger partial charge in [-0.15, -0.1) is 11.8 Å². The predicted molar refractivity (Wildman–Crippen MR) is 105 cm³/mol. The highest BCUT2D eigenvalue weighted by atomic mass is 32.2. The van der Waals surface area contributed by atoms with E-state index in [-0.39, 0.29) is 23.1 Å². The molecule has 1 aromatic carbocycles. The highest BCUT2D eigenvalue weighted by Gasteiger charge is 2.58. The number of thioether (sulfide) groups is 1. The van der Waals surface area contributed by atoms with Crippen molar-refractivity contribution < 1.29 is 9.59 Å². The third-order valence-electron chi connectivity index (χ3n) is 6.23. The first kappa shape index (κ1) is 17.7. The molecule has 4 nitrogen and oxygen atoms in total. The van der Waals surface area contributed by atoms with Crippen molar-refractivity contribution in [3.8, 4) is 0 Å². The molecule has 1 saturated carbocycles. The Kier molecular flexibility index (Phi) is 4.82. The number of carbonyl (C=O) groups is 2. The second-order valence-corrected chi connectivity index (χ2v) is 8.63. The summed E-state index contributed by atoms with van der Waals surface area (Å²) in [5, 5.41) is 3.07. The maximum atomic E-state index is 12.6. The molecule has 1 saturated heterocycles. The van der Waals surface area contributed by atoms with E-state index >= 15 is 0 Å². The van der Waals surface area contributed by atoms with Crippen molar-refractivity contribution in [2.75, 3.05) is 24.7 Å². The van der Waals surface area contributed by atoms with Gasteiger partial charge in [0.05, 0.1) is 0 Å². The molecule has 1 atom stereocenters. The number of amides is 2. The SMILES string of the molecule is CSc1ccc(NC(=O)[C@H]2CC23CCN(C(=O)C2=CCCC2)CC3)cc1. The molecule has 1 aromatic rings. The van der Waals surface area contributed by atoms with E-state index < -0.39 is 0 Å². The predicted octanol–water partition coefficient (Wildman–Crippen LogP) is 4.09. The average Bonchev–Trinajstić information content (AvgIpc) is 3.10. The van der Waals surface area contributed by atoms with Gasteiger partial charge in [-0.1, -0.05) is 6.08 Å². The van der Waals surface area contributed by atoms with E-state index in [1.807, 2.05) is 35.4 Å². The molecule has 1 N–H and O–H groups in total. The van der Waals surface area contributed by atoms with Crippen LogP contribution in [-0.2, 0) is 9.59 Å². The van der Waals surface area contributed by atoms with Crippen molar-refractivity contribution in [1.82, 2.24) is 4.90 Å². The number of likely N-dealkylation sites (tertiary alicyclic amines) is 1. The lowest BCUT2D eigenvalue weighted by atomic mass is 9.90. The van der Waals surface area contributed by atoms with Crippen LogP contribution in [0.2, 0.25) is 0 Å². The molecular weight excluding hydrogens is 344 g/mol. The topological polar surface area (TPSA) is 49.4 Å². The summed E-state index contributed by atoms with van der Waals surface area (Å²) < 4.78 is 0. The van der Waals surface area contributed by atoms with Crippen LogP contribution < -0.4 is 5.32 Å². The third-order valence-corrected chi connectivity index (χ3v) is 6.97. The second-order valence-electron chi connectivity index (χ2n) is 7.75. The smallest absolute Gasteiger partial charge is 0.249 e. The molecule has 0 aromatic heterocycles. The Balaban J connectivity index is 1.30. The zero-order chi connectivity index (χ0) is 18.1. The summed E-state index contributed by atoms with van der Waals surface area (Å²) in [5.41, 5.74) is 2.00. The van der Waals surface area contributed by atoms with Crippen molar-refractivity contribution in [3.63, 3.8) is 0 Å². The largest absolute Gasteiger partial charge is 0.339 e. The first-order valence-corrected chi connectivity index (χ1v) is 10.8. The van der Waals surface area contributed by atoms with Crippen molar-refractivity contribution in [3.05, 3.63) is 35.9 Å². The number of allylic oxidation sites excluding steroid dienone is 1. The van der Waals surface area contributed by atoms with Crippen LogP contribution in [0.5, 0.6) is 0 Å². The van der Waals surface area contributed by atoms with Crippen LogP contribution in [0.15, 0.2) is 40.8 Å². The molecule has 1 aliphatic heterocycles. The van der Waals surface area contributed by atoms with E-state index in [4.69, 9.17) is 0 Å². The van der Waals surface area contributed by atoms with Crippen molar-refractivity contribution in [2.24, 2.45) is 11.3 Å². The maximum Gasteiger partial charge on any atom is 0.249 e. The molecule has 0 bridgehead atoms. The van der Waals surface area contributed by atoms with E-state index in [1.165, 1.54) is 4.90 Å².